The van der Waals surface area contributed by atoms with Crippen LogP contribution in [0.1, 0.15) is 20.3 Å². The van der Waals surface area contributed by atoms with Gasteiger partial charge in [0.25, 0.3) is 0 Å². The smallest absolute Gasteiger partial charge is 0.120 e. The first-order chi connectivity index (χ1) is 4.22. The van der Waals surface area contributed by atoms with E-state index in [2.05, 4.69) is 4.72 Å². The lowest BCUT2D eigenvalue weighted by atomic mass is 10.2. The highest BCUT2D eigenvalue weighted by molar-refractivity contribution is 7.87. The van der Waals surface area contributed by atoms with Gasteiger partial charge in [0.05, 0.1) is 0 Å². The Balaban J connectivity index is 2.84. The molecule has 0 fully saturated rings. The van der Waals surface area contributed by atoms with Crippen molar-refractivity contribution in [3.8, 4) is 0 Å². The lowest BCUT2D eigenvalue weighted by Crippen LogP contribution is -2.24. The van der Waals surface area contributed by atoms with Crippen molar-refractivity contribution in [2.24, 2.45) is 0 Å². The van der Waals surface area contributed by atoms with Crippen molar-refractivity contribution in [1.82, 2.24) is 4.72 Å². The monoisotopic (exact) mass is 145 g/mol. The van der Waals surface area contributed by atoms with Gasteiger partial charge in [-0.15, -0.1) is 0 Å². The molecule has 9 heavy (non-hydrogen) atoms. The topological polar surface area (TPSA) is 29.1 Å². The molecule has 1 heterocycles. The van der Waals surface area contributed by atoms with E-state index in [-0.39, 0.29) is 0 Å². The van der Waals surface area contributed by atoms with Crippen molar-refractivity contribution >= 4 is 11.0 Å². The van der Waals surface area contributed by atoms with Crippen LogP contribution in [0.3, 0.4) is 0 Å². The summed E-state index contributed by atoms with van der Waals surface area (Å²) in [6.45, 7) is 4.81. The molecule has 1 atom stereocenters. The average Bonchev–Trinajstić information content (AvgIpc) is 1.83. The average molecular weight is 145 g/mol. The minimum atomic E-state index is -0.885. The first kappa shape index (κ1) is 6.96. The zero-order valence-electron chi connectivity index (χ0n) is 5.73. The van der Waals surface area contributed by atoms with Gasteiger partial charge < -0.3 is 0 Å². The fourth-order valence-electron chi connectivity index (χ4n) is 0.774. The SMILES string of the molecule is CC1=C(C)S(=O)NCC1. The van der Waals surface area contributed by atoms with Gasteiger partial charge in [-0.1, -0.05) is 5.57 Å². The summed E-state index contributed by atoms with van der Waals surface area (Å²) in [4.78, 5) is 1.00. The third-order valence-corrected chi connectivity index (χ3v) is 2.98. The lowest BCUT2D eigenvalue weighted by Gasteiger charge is -2.13. The van der Waals surface area contributed by atoms with E-state index in [1.165, 1.54) is 5.57 Å². The van der Waals surface area contributed by atoms with Crippen LogP contribution in [0.4, 0.5) is 0 Å². The van der Waals surface area contributed by atoms with E-state index in [1.807, 2.05) is 13.8 Å². The van der Waals surface area contributed by atoms with Gasteiger partial charge in [0.15, 0.2) is 0 Å². The third kappa shape index (κ3) is 1.40. The first-order valence-corrected chi connectivity index (χ1v) is 4.18. The van der Waals surface area contributed by atoms with Crippen LogP contribution in [0.5, 0.6) is 0 Å². The summed E-state index contributed by atoms with van der Waals surface area (Å²) in [5.41, 5.74) is 1.27. The summed E-state index contributed by atoms with van der Waals surface area (Å²) in [6, 6.07) is 0. The zero-order chi connectivity index (χ0) is 6.85. The lowest BCUT2D eigenvalue weighted by molar-refractivity contribution is 0.670. The molecule has 1 unspecified atom stereocenters. The minimum Gasteiger partial charge on any atom is -0.238 e. The molecule has 3 heteroatoms. The van der Waals surface area contributed by atoms with Gasteiger partial charge >= 0.3 is 0 Å². The molecule has 52 valence electrons. The molecule has 0 saturated carbocycles. The molecule has 0 saturated heterocycles. The van der Waals surface area contributed by atoms with Crippen LogP contribution in [0, 0.1) is 0 Å². The van der Waals surface area contributed by atoms with E-state index in [0.717, 1.165) is 17.9 Å². The molecule has 0 spiro atoms. The van der Waals surface area contributed by atoms with E-state index >= 15 is 0 Å². The zero-order valence-corrected chi connectivity index (χ0v) is 6.55. The molecule has 1 aliphatic rings. The Labute approximate surface area is 57.9 Å². The predicted molar refractivity (Wildman–Crippen MR) is 39.1 cm³/mol. The Hall–Kier alpha value is -0.150. The van der Waals surface area contributed by atoms with Crippen molar-refractivity contribution in [3.63, 3.8) is 0 Å². The van der Waals surface area contributed by atoms with Gasteiger partial charge in [-0.3, -0.25) is 0 Å². The quantitative estimate of drug-likeness (QED) is 0.540. The summed E-state index contributed by atoms with van der Waals surface area (Å²) in [7, 11) is -0.885. The summed E-state index contributed by atoms with van der Waals surface area (Å²) in [6.07, 6.45) is 1.04. The molecule has 2 nitrogen and oxygen atoms in total. The van der Waals surface area contributed by atoms with Crippen molar-refractivity contribution in [2.45, 2.75) is 20.3 Å². The van der Waals surface area contributed by atoms with Crippen LogP contribution >= 0.6 is 0 Å². The molecular formula is C6H11NOS. The molecule has 0 aromatic carbocycles. The predicted octanol–water partition coefficient (Wildman–Crippen LogP) is 0.937. The third-order valence-electron chi connectivity index (χ3n) is 1.61. The summed E-state index contributed by atoms with van der Waals surface area (Å²) in [5, 5.41) is 0. The Morgan fingerprint density at radius 1 is 1.56 bits per heavy atom. The Morgan fingerprint density at radius 3 is 2.67 bits per heavy atom. The van der Waals surface area contributed by atoms with Crippen LogP contribution in [-0.2, 0) is 11.0 Å². The molecule has 0 aliphatic carbocycles. The second-order valence-electron chi connectivity index (χ2n) is 2.25. The second kappa shape index (κ2) is 2.62. The number of hydrogen-bond donors (Lipinski definition) is 1. The Kier molecular flexibility index (Phi) is 2.03. The van der Waals surface area contributed by atoms with Crippen LogP contribution < -0.4 is 4.72 Å². The normalized spacial score (nSPS) is 28.9. The molecular weight excluding hydrogens is 134 g/mol. The van der Waals surface area contributed by atoms with Crippen molar-refractivity contribution in [2.75, 3.05) is 6.54 Å². The van der Waals surface area contributed by atoms with E-state index < -0.39 is 11.0 Å². The maximum absolute atomic E-state index is 10.9. The molecule has 0 radical (unpaired) electrons. The van der Waals surface area contributed by atoms with Crippen LogP contribution in [-0.4, -0.2) is 10.8 Å². The summed E-state index contributed by atoms with van der Waals surface area (Å²) in [5.74, 6) is 0. The maximum atomic E-state index is 10.9. The molecule has 0 aromatic rings. The number of nitrogens with one attached hydrogen (secondary N) is 1. The highest BCUT2D eigenvalue weighted by Crippen LogP contribution is 2.13. The highest BCUT2D eigenvalue weighted by atomic mass is 32.2. The molecule has 1 aliphatic heterocycles. The largest absolute Gasteiger partial charge is 0.238 e. The molecule has 0 bridgehead atoms. The summed E-state index contributed by atoms with van der Waals surface area (Å²) >= 11 is 0. The molecule has 1 N–H and O–H groups in total. The van der Waals surface area contributed by atoms with E-state index in [9.17, 15) is 4.21 Å². The van der Waals surface area contributed by atoms with Gasteiger partial charge in [-0.25, -0.2) is 8.93 Å². The minimum absolute atomic E-state index is 0.857. The van der Waals surface area contributed by atoms with Crippen molar-refractivity contribution in [3.05, 3.63) is 10.5 Å². The molecule has 0 aromatic heterocycles. The van der Waals surface area contributed by atoms with Gasteiger partial charge in [-0.2, -0.15) is 0 Å². The second-order valence-corrected chi connectivity index (χ2v) is 3.69. The van der Waals surface area contributed by atoms with Crippen molar-refractivity contribution < 1.29 is 4.21 Å². The fraction of sp³-hybridized carbons (Fsp3) is 0.667. The van der Waals surface area contributed by atoms with Gasteiger partial charge in [0.1, 0.15) is 11.0 Å². The number of rotatable bonds is 0. The number of allylic oxidation sites excluding steroid dienone is 1. The Bertz CT molecular complexity index is 174. The standard InChI is InChI=1S/C6H11NOS/c1-5-3-4-7-9(8)6(5)2/h7H,3-4H2,1-2H3. The fourth-order valence-corrected chi connectivity index (χ4v) is 1.70. The van der Waals surface area contributed by atoms with Gasteiger partial charge in [-0.05, 0) is 20.3 Å². The number of hydrogen-bond acceptors (Lipinski definition) is 1. The van der Waals surface area contributed by atoms with E-state index in [4.69, 9.17) is 0 Å². The van der Waals surface area contributed by atoms with E-state index in [1.54, 1.807) is 0 Å². The molecule has 0 amide bonds. The Morgan fingerprint density at radius 2 is 2.22 bits per heavy atom. The highest BCUT2D eigenvalue weighted by Gasteiger charge is 2.10. The maximum Gasteiger partial charge on any atom is 0.120 e. The van der Waals surface area contributed by atoms with Crippen LogP contribution in [0.15, 0.2) is 10.5 Å². The van der Waals surface area contributed by atoms with Gasteiger partial charge in [0, 0.05) is 11.4 Å². The first-order valence-electron chi connectivity index (χ1n) is 3.03. The van der Waals surface area contributed by atoms with Gasteiger partial charge in [0.2, 0.25) is 0 Å². The van der Waals surface area contributed by atoms with E-state index in [0.29, 0.717) is 0 Å². The van der Waals surface area contributed by atoms with Crippen molar-refractivity contribution in [1.29, 1.82) is 0 Å². The summed E-state index contributed by atoms with van der Waals surface area (Å²) < 4.78 is 13.8. The van der Waals surface area contributed by atoms with Crippen LogP contribution in [0.2, 0.25) is 0 Å². The van der Waals surface area contributed by atoms with Crippen LogP contribution in [0.25, 0.3) is 0 Å². The molecule has 1 rings (SSSR count).